The molecule has 29 heavy (non-hydrogen) atoms. The van der Waals surface area contributed by atoms with Crippen LogP contribution in [0.15, 0.2) is 48.5 Å². The summed E-state index contributed by atoms with van der Waals surface area (Å²) < 4.78 is 25.9. The van der Waals surface area contributed by atoms with Gasteiger partial charge in [0.1, 0.15) is 0 Å². The fourth-order valence-electron chi connectivity index (χ4n) is 2.07. The van der Waals surface area contributed by atoms with Crippen LogP contribution in [0.2, 0.25) is 10.0 Å². The molecule has 0 heterocycles. The zero-order valence-corrected chi connectivity index (χ0v) is 20.0. The van der Waals surface area contributed by atoms with Crippen LogP contribution in [0, 0.1) is 0 Å². The maximum absolute atomic E-state index is 10.6. The minimum atomic E-state index is -3.31. The normalized spacial score (nSPS) is 10.4. The first kappa shape index (κ1) is 28.5. The van der Waals surface area contributed by atoms with Crippen LogP contribution in [0.4, 0.5) is 0 Å². The molecule has 0 bridgehead atoms. The second-order valence-corrected chi connectivity index (χ2v) is 9.14. The molecule has 2 aromatic rings. The zero-order valence-electron chi connectivity index (χ0n) is 16.2. The third-order valence-electron chi connectivity index (χ3n) is 3.36. The van der Waals surface area contributed by atoms with Crippen molar-refractivity contribution in [2.75, 3.05) is 24.8 Å². The Morgan fingerprint density at radius 2 is 1.21 bits per heavy atom. The lowest BCUT2D eigenvalue weighted by molar-refractivity contribution is 0.288. The van der Waals surface area contributed by atoms with Crippen molar-refractivity contribution < 1.29 is 17.7 Å². The second kappa shape index (κ2) is 17.2. The van der Waals surface area contributed by atoms with E-state index in [1.165, 1.54) is 5.56 Å². The molecule has 0 aliphatic heterocycles. The number of alkyl halides is 2. The van der Waals surface area contributed by atoms with Crippen LogP contribution < -0.4 is 0 Å². The average molecular weight is 504 g/mol. The van der Waals surface area contributed by atoms with Crippen LogP contribution in [0.25, 0.3) is 0 Å². The smallest absolute Gasteiger partial charge is 0.264 e. The maximum atomic E-state index is 10.6. The molecule has 164 valence electrons. The van der Waals surface area contributed by atoms with E-state index in [9.17, 15) is 8.42 Å². The van der Waals surface area contributed by atoms with Crippen molar-refractivity contribution in [3.8, 4) is 0 Å². The zero-order chi connectivity index (χ0) is 22.1. The van der Waals surface area contributed by atoms with E-state index < -0.39 is 10.1 Å². The summed E-state index contributed by atoms with van der Waals surface area (Å²) in [5.74, 6) is 0. The maximum Gasteiger partial charge on any atom is 0.264 e. The van der Waals surface area contributed by atoms with E-state index in [0.29, 0.717) is 11.4 Å². The molecule has 0 fully saturated rings. The number of benzene rings is 2. The van der Waals surface area contributed by atoms with Crippen molar-refractivity contribution >= 4 is 56.5 Å². The molecular formula is C20H26Cl4O4S. The van der Waals surface area contributed by atoms with Crippen LogP contribution in [0.1, 0.15) is 24.0 Å². The number of hydrogen-bond donors (Lipinski definition) is 1. The van der Waals surface area contributed by atoms with E-state index >= 15 is 0 Å². The van der Waals surface area contributed by atoms with Gasteiger partial charge >= 0.3 is 0 Å². The predicted octanol–water partition coefficient (Wildman–Crippen LogP) is 5.94. The summed E-state index contributed by atoms with van der Waals surface area (Å²) >= 11 is 21.0. The highest BCUT2D eigenvalue weighted by atomic mass is 35.5. The largest absolute Gasteiger partial charge is 0.396 e. The Bertz CT molecular complexity index is 751. The monoisotopic (exact) mass is 502 g/mol. The summed E-state index contributed by atoms with van der Waals surface area (Å²) in [7, 11) is -3.31. The highest BCUT2D eigenvalue weighted by Gasteiger charge is 2.01. The Morgan fingerprint density at radius 3 is 1.55 bits per heavy atom. The van der Waals surface area contributed by atoms with Gasteiger partial charge in [0.05, 0.1) is 18.2 Å². The number of rotatable bonds is 8. The Labute approximate surface area is 193 Å². The third kappa shape index (κ3) is 18.0. The summed E-state index contributed by atoms with van der Waals surface area (Å²) in [5, 5.41) is 10.2. The average Bonchev–Trinajstić information content (AvgIpc) is 2.67. The van der Waals surface area contributed by atoms with Gasteiger partial charge in [-0.25, -0.2) is 0 Å². The summed E-state index contributed by atoms with van der Waals surface area (Å²) in [6.45, 7) is 0.476. The van der Waals surface area contributed by atoms with Gasteiger partial charge in [-0.15, -0.1) is 23.2 Å². The molecule has 0 saturated carbocycles. The number of aliphatic hydroxyl groups is 1. The SMILES string of the molecule is CS(=O)(=O)OCCCc1ccc(Cl)cc1.ClCCl.OCCCc1ccc(Cl)cc1. The molecule has 0 aromatic heterocycles. The fraction of sp³-hybridized carbons (Fsp3) is 0.400. The quantitative estimate of drug-likeness (QED) is 0.275. The fourth-order valence-corrected chi connectivity index (χ4v) is 2.74. The predicted molar refractivity (Wildman–Crippen MR) is 124 cm³/mol. The molecule has 0 radical (unpaired) electrons. The number of aliphatic hydroxyl groups excluding tert-OH is 1. The van der Waals surface area contributed by atoms with Crippen molar-refractivity contribution in [1.29, 1.82) is 0 Å². The van der Waals surface area contributed by atoms with Crippen molar-refractivity contribution in [2.24, 2.45) is 0 Å². The van der Waals surface area contributed by atoms with Crippen LogP contribution >= 0.6 is 46.4 Å². The molecule has 0 amide bonds. The van der Waals surface area contributed by atoms with E-state index in [4.69, 9.17) is 51.5 Å². The summed E-state index contributed by atoms with van der Waals surface area (Å²) in [6, 6.07) is 15.2. The first-order valence-electron chi connectivity index (χ1n) is 8.78. The van der Waals surface area contributed by atoms with Gasteiger partial charge in [0.15, 0.2) is 0 Å². The summed E-state index contributed by atoms with van der Waals surface area (Å²) in [5.41, 5.74) is 2.35. The third-order valence-corrected chi connectivity index (χ3v) is 4.46. The van der Waals surface area contributed by atoms with Crippen LogP contribution in [-0.2, 0) is 27.1 Å². The lowest BCUT2D eigenvalue weighted by atomic mass is 10.1. The van der Waals surface area contributed by atoms with Gasteiger partial charge in [0.2, 0.25) is 0 Å². The van der Waals surface area contributed by atoms with Crippen LogP contribution in [-0.4, -0.2) is 38.3 Å². The van der Waals surface area contributed by atoms with Crippen molar-refractivity contribution in [3.63, 3.8) is 0 Å². The highest BCUT2D eigenvalue weighted by molar-refractivity contribution is 7.85. The number of hydrogen-bond acceptors (Lipinski definition) is 4. The topological polar surface area (TPSA) is 63.6 Å². The molecular weight excluding hydrogens is 478 g/mol. The van der Waals surface area contributed by atoms with E-state index in [0.717, 1.165) is 36.1 Å². The Balaban J connectivity index is 0.000000493. The van der Waals surface area contributed by atoms with Gasteiger partial charge in [0.25, 0.3) is 10.1 Å². The Kier molecular flexibility index (Phi) is 16.9. The molecule has 0 atom stereocenters. The molecule has 0 aliphatic rings. The molecule has 1 N–H and O–H groups in total. The molecule has 2 aromatic carbocycles. The lowest BCUT2D eigenvalue weighted by Crippen LogP contribution is -2.04. The lowest BCUT2D eigenvalue weighted by Gasteiger charge is -2.02. The van der Waals surface area contributed by atoms with Crippen molar-refractivity contribution in [2.45, 2.75) is 25.7 Å². The van der Waals surface area contributed by atoms with Gasteiger partial charge in [-0.3, -0.25) is 4.18 Å². The van der Waals surface area contributed by atoms with Gasteiger partial charge in [-0.05, 0) is 61.1 Å². The minimum Gasteiger partial charge on any atom is -0.396 e. The summed E-state index contributed by atoms with van der Waals surface area (Å²) in [4.78, 5) is 0. The highest BCUT2D eigenvalue weighted by Crippen LogP contribution is 2.11. The first-order chi connectivity index (χ1) is 13.7. The van der Waals surface area contributed by atoms with Crippen molar-refractivity contribution in [3.05, 3.63) is 69.7 Å². The van der Waals surface area contributed by atoms with E-state index in [2.05, 4.69) is 4.18 Å². The van der Waals surface area contributed by atoms with E-state index in [-0.39, 0.29) is 18.6 Å². The molecule has 0 spiro atoms. The minimum absolute atomic E-state index is 0.194. The number of aryl methyl sites for hydroxylation is 2. The first-order valence-corrected chi connectivity index (χ1v) is 12.4. The van der Waals surface area contributed by atoms with Crippen molar-refractivity contribution in [1.82, 2.24) is 0 Å². The van der Waals surface area contributed by atoms with Crippen LogP contribution in [0.5, 0.6) is 0 Å². The molecule has 0 unspecified atom stereocenters. The molecule has 4 nitrogen and oxygen atoms in total. The standard InChI is InChI=1S/C10H13ClO3S.C9H11ClO.CH2Cl2/c1-15(12,13)14-8-2-3-9-4-6-10(11)7-5-9;10-9-5-3-8(4-6-9)2-1-7-11;2-1-3/h4-7H,2-3,8H2,1H3;3-6,11H,1-2,7H2;1H2. The molecule has 0 saturated heterocycles. The van der Waals surface area contributed by atoms with Gasteiger partial charge in [-0.2, -0.15) is 8.42 Å². The van der Waals surface area contributed by atoms with Gasteiger partial charge < -0.3 is 5.11 Å². The molecule has 9 heteroatoms. The molecule has 2 rings (SSSR count). The second-order valence-electron chi connectivity index (χ2n) is 5.81. The molecule has 0 aliphatic carbocycles. The van der Waals surface area contributed by atoms with Gasteiger partial charge in [-0.1, -0.05) is 47.5 Å². The van der Waals surface area contributed by atoms with E-state index in [1.807, 2.05) is 48.5 Å². The van der Waals surface area contributed by atoms with E-state index in [1.54, 1.807) is 0 Å². The number of halogens is 4. The summed E-state index contributed by atoms with van der Waals surface area (Å²) in [6.07, 6.45) is 4.26. The van der Waals surface area contributed by atoms with Crippen LogP contribution in [0.3, 0.4) is 0 Å². The Morgan fingerprint density at radius 1 is 0.828 bits per heavy atom. The van der Waals surface area contributed by atoms with Gasteiger partial charge in [0, 0.05) is 16.7 Å². The Hall–Kier alpha value is -0.530.